The van der Waals surface area contributed by atoms with E-state index >= 15 is 0 Å². The Labute approximate surface area is 138 Å². The maximum absolute atomic E-state index is 12.6. The highest BCUT2D eigenvalue weighted by Crippen LogP contribution is 2.34. The van der Waals surface area contributed by atoms with Gasteiger partial charge in [0.05, 0.1) is 5.69 Å². The quantitative estimate of drug-likeness (QED) is 0.774. The van der Waals surface area contributed by atoms with E-state index in [-0.39, 0.29) is 11.7 Å². The molecule has 3 heterocycles. The molecule has 1 aromatic carbocycles. The van der Waals surface area contributed by atoms with E-state index in [1.807, 2.05) is 6.92 Å². The third-order valence-electron chi connectivity index (χ3n) is 3.70. The molecule has 4 rings (SSSR count). The van der Waals surface area contributed by atoms with Crippen molar-refractivity contribution in [1.82, 2.24) is 14.6 Å². The minimum absolute atomic E-state index is 0.127. The lowest BCUT2D eigenvalue weighted by Crippen LogP contribution is -2.13. The fourth-order valence-electron chi connectivity index (χ4n) is 2.49. The second kappa shape index (κ2) is 5.38. The normalized spacial score (nSPS) is 13.4. The lowest BCUT2D eigenvalue weighted by atomic mass is 10.3. The molecule has 0 saturated carbocycles. The van der Waals surface area contributed by atoms with Crippen LogP contribution in [-0.2, 0) is 16.4 Å². The van der Waals surface area contributed by atoms with Gasteiger partial charge in [-0.25, -0.2) is 8.42 Å². The number of aryl methyl sites for hydroxylation is 1. The molecular formula is C15H14N4O4S. The van der Waals surface area contributed by atoms with Gasteiger partial charge in [0, 0.05) is 18.7 Å². The van der Waals surface area contributed by atoms with Crippen LogP contribution in [0.25, 0.3) is 5.65 Å². The average molecular weight is 346 g/mol. The van der Waals surface area contributed by atoms with Crippen molar-refractivity contribution in [3.63, 3.8) is 0 Å². The van der Waals surface area contributed by atoms with Crippen LogP contribution in [0.3, 0.4) is 0 Å². The molecule has 0 unspecified atom stereocenters. The van der Waals surface area contributed by atoms with Gasteiger partial charge in [-0.2, -0.15) is 0 Å². The van der Waals surface area contributed by atoms with Crippen molar-refractivity contribution in [2.75, 3.05) is 11.5 Å². The van der Waals surface area contributed by atoms with E-state index in [0.717, 1.165) is 0 Å². The summed E-state index contributed by atoms with van der Waals surface area (Å²) in [5.74, 6) is 1.80. The number of sulfonamides is 1. The zero-order chi connectivity index (χ0) is 16.7. The van der Waals surface area contributed by atoms with Crippen molar-refractivity contribution in [3.05, 3.63) is 42.4 Å². The van der Waals surface area contributed by atoms with Crippen molar-refractivity contribution in [2.45, 2.75) is 18.2 Å². The molecule has 24 heavy (non-hydrogen) atoms. The first-order valence-electron chi connectivity index (χ1n) is 7.33. The van der Waals surface area contributed by atoms with E-state index in [1.54, 1.807) is 28.7 Å². The van der Waals surface area contributed by atoms with Crippen molar-refractivity contribution in [3.8, 4) is 11.5 Å². The predicted octanol–water partition coefficient (Wildman–Crippen LogP) is 1.82. The molecule has 0 spiro atoms. The topological polar surface area (TPSA) is 94.8 Å². The van der Waals surface area contributed by atoms with Crippen LogP contribution in [0, 0.1) is 0 Å². The number of aromatic nitrogens is 3. The summed E-state index contributed by atoms with van der Waals surface area (Å²) in [6, 6.07) is 8.01. The zero-order valence-corrected chi connectivity index (χ0v) is 13.6. The molecule has 0 saturated heterocycles. The Morgan fingerprint density at radius 1 is 1.17 bits per heavy atom. The highest BCUT2D eigenvalue weighted by atomic mass is 32.2. The van der Waals surface area contributed by atoms with Crippen LogP contribution in [0.15, 0.2) is 41.4 Å². The van der Waals surface area contributed by atoms with Crippen LogP contribution >= 0.6 is 0 Å². The molecule has 0 fully saturated rings. The summed E-state index contributed by atoms with van der Waals surface area (Å²) >= 11 is 0. The molecule has 1 aliphatic rings. The summed E-state index contributed by atoms with van der Waals surface area (Å²) in [6.45, 7) is 2.07. The van der Waals surface area contributed by atoms with Crippen molar-refractivity contribution >= 4 is 21.4 Å². The molecule has 8 nitrogen and oxygen atoms in total. The van der Waals surface area contributed by atoms with E-state index in [9.17, 15) is 8.42 Å². The van der Waals surface area contributed by atoms with Gasteiger partial charge in [-0.1, -0.05) is 6.92 Å². The monoisotopic (exact) mass is 346 g/mol. The number of benzene rings is 1. The van der Waals surface area contributed by atoms with Gasteiger partial charge in [0.25, 0.3) is 10.0 Å². The van der Waals surface area contributed by atoms with E-state index in [1.165, 1.54) is 12.3 Å². The van der Waals surface area contributed by atoms with Gasteiger partial charge in [0.1, 0.15) is 10.7 Å². The summed E-state index contributed by atoms with van der Waals surface area (Å²) < 4.78 is 40.0. The number of pyridine rings is 1. The third-order valence-corrected chi connectivity index (χ3v) is 5.06. The lowest BCUT2D eigenvalue weighted by Gasteiger charge is -2.09. The molecule has 0 atom stereocenters. The number of nitrogens with zero attached hydrogens (tertiary/aromatic N) is 3. The summed E-state index contributed by atoms with van der Waals surface area (Å²) in [6.07, 6.45) is 2.17. The van der Waals surface area contributed by atoms with Gasteiger partial charge in [-0.3, -0.25) is 9.12 Å². The fourth-order valence-corrected chi connectivity index (χ4v) is 3.54. The summed E-state index contributed by atoms with van der Waals surface area (Å²) in [5, 5.41) is 8.03. The Hall–Kier alpha value is -2.81. The number of anilines is 1. The molecule has 0 radical (unpaired) electrons. The summed E-state index contributed by atoms with van der Waals surface area (Å²) in [5.41, 5.74) is 1.01. The highest BCUT2D eigenvalue weighted by molar-refractivity contribution is 7.92. The lowest BCUT2D eigenvalue weighted by molar-refractivity contribution is 0.174. The molecule has 1 aliphatic heterocycles. The second-order valence-electron chi connectivity index (χ2n) is 5.24. The maximum Gasteiger partial charge on any atom is 0.263 e. The first-order chi connectivity index (χ1) is 11.6. The van der Waals surface area contributed by atoms with Crippen molar-refractivity contribution < 1.29 is 17.9 Å². The van der Waals surface area contributed by atoms with Gasteiger partial charge in [-0.15, -0.1) is 10.2 Å². The molecule has 124 valence electrons. The van der Waals surface area contributed by atoms with Crippen LogP contribution in [0.5, 0.6) is 11.5 Å². The van der Waals surface area contributed by atoms with Gasteiger partial charge in [0.15, 0.2) is 17.1 Å². The minimum Gasteiger partial charge on any atom is -0.454 e. The van der Waals surface area contributed by atoms with Crippen LogP contribution in [0.4, 0.5) is 5.69 Å². The SMILES string of the molecule is CCc1nnc2ccc(S(=O)(=O)Nc3ccc4c(c3)OCO4)cn12. The maximum atomic E-state index is 12.6. The number of ether oxygens (including phenoxy) is 2. The van der Waals surface area contributed by atoms with E-state index in [4.69, 9.17) is 9.47 Å². The fraction of sp³-hybridized carbons (Fsp3) is 0.200. The number of rotatable bonds is 4. The first kappa shape index (κ1) is 14.8. The molecule has 0 amide bonds. The largest absolute Gasteiger partial charge is 0.454 e. The number of hydrogen-bond acceptors (Lipinski definition) is 6. The minimum atomic E-state index is -3.75. The summed E-state index contributed by atoms with van der Waals surface area (Å²) in [7, 11) is -3.75. The van der Waals surface area contributed by atoms with E-state index in [2.05, 4.69) is 14.9 Å². The van der Waals surface area contributed by atoms with Gasteiger partial charge in [0.2, 0.25) is 6.79 Å². The van der Waals surface area contributed by atoms with E-state index in [0.29, 0.717) is 35.1 Å². The molecule has 2 aromatic heterocycles. The molecule has 1 N–H and O–H groups in total. The predicted molar refractivity (Wildman–Crippen MR) is 85.7 cm³/mol. The third kappa shape index (κ3) is 2.42. The van der Waals surface area contributed by atoms with Crippen LogP contribution < -0.4 is 14.2 Å². The Bertz CT molecular complexity index is 1030. The Morgan fingerprint density at radius 2 is 2.00 bits per heavy atom. The Morgan fingerprint density at radius 3 is 2.83 bits per heavy atom. The number of fused-ring (bicyclic) bond motifs is 2. The molecule has 3 aromatic rings. The van der Waals surface area contributed by atoms with Crippen LogP contribution in [0.1, 0.15) is 12.7 Å². The molecule has 9 heteroatoms. The van der Waals surface area contributed by atoms with Crippen molar-refractivity contribution in [2.24, 2.45) is 0 Å². The second-order valence-corrected chi connectivity index (χ2v) is 6.92. The van der Waals surface area contributed by atoms with Gasteiger partial charge in [-0.05, 0) is 24.3 Å². The summed E-state index contributed by atoms with van der Waals surface area (Å²) in [4.78, 5) is 0.127. The van der Waals surface area contributed by atoms with Crippen molar-refractivity contribution in [1.29, 1.82) is 0 Å². The zero-order valence-electron chi connectivity index (χ0n) is 12.8. The molecule has 0 bridgehead atoms. The smallest absolute Gasteiger partial charge is 0.263 e. The van der Waals surface area contributed by atoms with E-state index < -0.39 is 10.0 Å². The van der Waals surface area contributed by atoms with Gasteiger partial charge < -0.3 is 9.47 Å². The standard InChI is InChI=1S/C15H14N4O4S/c1-2-14-16-17-15-6-4-11(8-19(14)15)24(20,21)18-10-3-5-12-13(7-10)23-9-22-12/h3-8,18H,2,9H2,1H3. The molecular weight excluding hydrogens is 332 g/mol. The van der Waals surface area contributed by atoms with Crippen LogP contribution in [-0.4, -0.2) is 29.8 Å². The molecule has 0 aliphatic carbocycles. The number of nitrogens with one attached hydrogen (secondary N) is 1. The first-order valence-corrected chi connectivity index (χ1v) is 8.81. The number of hydrogen-bond donors (Lipinski definition) is 1. The van der Waals surface area contributed by atoms with Crippen LogP contribution in [0.2, 0.25) is 0 Å². The highest BCUT2D eigenvalue weighted by Gasteiger charge is 2.19. The Kier molecular flexibility index (Phi) is 3.31. The average Bonchev–Trinajstić information content (AvgIpc) is 3.19. The van der Waals surface area contributed by atoms with Gasteiger partial charge >= 0.3 is 0 Å². The Balaban J connectivity index is 1.69.